The molecule has 3 rings (SSSR count). The van der Waals surface area contributed by atoms with Crippen LogP contribution < -0.4 is 10.1 Å². The summed E-state index contributed by atoms with van der Waals surface area (Å²) in [6.45, 7) is 2.09. The number of ether oxygens (including phenoxy) is 1. The molecule has 0 spiro atoms. The Morgan fingerprint density at radius 1 is 1.21 bits per heavy atom. The van der Waals surface area contributed by atoms with Crippen molar-refractivity contribution < 1.29 is 14.3 Å². The van der Waals surface area contributed by atoms with Crippen molar-refractivity contribution in [2.24, 2.45) is 0 Å². The number of hydrogen-bond donors (Lipinski definition) is 1. The molecule has 1 atom stereocenters. The lowest BCUT2D eigenvalue weighted by molar-refractivity contribution is -0.132. The van der Waals surface area contributed by atoms with E-state index in [9.17, 15) is 9.59 Å². The first kappa shape index (κ1) is 20.1. The van der Waals surface area contributed by atoms with Gasteiger partial charge in [0.2, 0.25) is 5.91 Å². The molecule has 1 N–H and O–H groups in total. The Bertz CT molecular complexity index is 911. The first-order valence-corrected chi connectivity index (χ1v) is 9.95. The van der Waals surface area contributed by atoms with Gasteiger partial charge >= 0.3 is 0 Å². The van der Waals surface area contributed by atoms with Crippen LogP contribution in [0.25, 0.3) is 6.08 Å². The molecule has 0 saturated carbocycles. The van der Waals surface area contributed by atoms with E-state index in [4.69, 9.17) is 17.0 Å². The maximum absolute atomic E-state index is 12.8. The van der Waals surface area contributed by atoms with E-state index < -0.39 is 6.04 Å². The number of amides is 2. The van der Waals surface area contributed by atoms with Crippen LogP contribution in [0.5, 0.6) is 5.75 Å². The number of hydrogen-bond acceptors (Lipinski definition) is 5. The molecular formula is C21H20N2O3S2. The van der Waals surface area contributed by atoms with Crippen molar-refractivity contribution in [2.45, 2.75) is 19.5 Å². The second-order valence-corrected chi connectivity index (χ2v) is 7.88. The van der Waals surface area contributed by atoms with Gasteiger partial charge in [-0.3, -0.25) is 14.5 Å². The van der Waals surface area contributed by atoms with Crippen molar-refractivity contribution in [3.63, 3.8) is 0 Å². The topological polar surface area (TPSA) is 58.6 Å². The van der Waals surface area contributed by atoms with Gasteiger partial charge < -0.3 is 10.1 Å². The van der Waals surface area contributed by atoms with Crippen LogP contribution in [0.3, 0.4) is 0 Å². The number of carbonyl (C=O) groups excluding carboxylic acids is 2. The maximum Gasteiger partial charge on any atom is 0.266 e. The average Bonchev–Trinajstić information content (AvgIpc) is 3.00. The number of benzene rings is 2. The summed E-state index contributed by atoms with van der Waals surface area (Å²) in [5, 5.41) is 2.86. The van der Waals surface area contributed by atoms with E-state index in [0.29, 0.717) is 15.8 Å². The molecule has 1 unspecified atom stereocenters. The van der Waals surface area contributed by atoms with Gasteiger partial charge in [0, 0.05) is 6.54 Å². The molecule has 0 aliphatic carbocycles. The van der Waals surface area contributed by atoms with Crippen LogP contribution in [0.4, 0.5) is 0 Å². The molecule has 144 valence electrons. The van der Waals surface area contributed by atoms with E-state index in [0.717, 1.165) is 16.9 Å². The van der Waals surface area contributed by atoms with Crippen molar-refractivity contribution in [1.29, 1.82) is 0 Å². The highest BCUT2D eigenvalue weighted by Crippen LogP contribution is 2.34. The summed E-state index contributed by atoms with van der Waals surface area (Å²) in [5.74, 6) is 0.243. The third-order valence-corrected chi connectivity index (χ3v) is 5.64. The van der Waals surface area contributed by atoms with Crippen LogP contribution in [-0.4, -0.2) is 34.2 Å². The molecule has 0 radical (unpaired) electrons. The quantitative estimate of drug-likeness (QED) is 0.580. The van der Waals surface area contributed by atoms with E-state index >= 15 is 0 Å². The number of nitrogens with one attached hydrogen (secondary N) is 1. The van der Waals surface area contributed by atoms with Crippen molar-refractivity contribution in [1.82, 2.24) is 10.2 Å². The lowest BCUT2D eigenvalue weighted by Gasteiger charge is -2.22. The highest BCUT2D eigenvalue weighted by Gasteiger charge is 2.38. The normalized spacial score (nSPS) is 16.4. The lowest BCUT2D eigenvalue weighted by atomic mass is 10.2. The molecule has 0 aromatic heterocycles. The summed E-state index contributed by atoms with van der Waals surface area (Å²) < 4.78 is 5.52. The predicted molar refractivity (Wildman–Crippen MR) is 116 cm³/mol. The zero-order valence-corrected chi connectivity index (χ0v) is 17.2. The van der Waals surface area contributed by atoms with E-state index in [1.807, 2.05) is 54.6 Å². The van der Waals surface area contributed by atoms with E-state index in [1.165, 1.54) is 16.7 Å². The van der Waals surface area contributed by atoms with Crippen molar-refractivity contribution >= 4 is 46.2 Å². The Morgan fingerprint density at radius 2 is 1.89 bits per heavy atom. The van der Waals surface area contributed by atoms with Crippen LogP contribution >= 0.6 is 24.0 Å². The fourth-order valence-corrected chi connectivity index (χ4v) is 4.13. The van der Waals surface area contributed by atoms with E-state index in [1.54, 1.807) is 20.1 Å². The zero-order valence-electron chi connectivity index (χ0n) is 15.5. The molecule has 1 aliphatic heterocycles. The number of methoxy groups -OCH3 is 1. The fraction of sp³-hybridized carbons (Fsp3) is 0.190. The molecule has 2 aromatic carbocycles. The van der Waals surface area contributed by atoms with Gasteiger partial charge in [0.15, 0.2) is 0 Å². The minimum Gasteiger partial charge on any atom is -0.497 e. The third-order valence-electron chi connectivity index (χ3n) is 4.31. The first-order chi connectivity index (χ1) is 13.5. The van der Waals surface area contributed by atoms with Crippen molar-refractivity contribution in [3.8, 4) is 5.75 Å². The van der Waals surface area contributed by atoms with Crippen LogP contribution in [0.2, 0.25) is 0 Å². The number of thiocarbonyl (C=S) groups is 1. The number of thioether (sulfide) groups is 1. The number of rotatable bonds is 6. The molecule has 1 saturated heterocycles. The molecule has 28 heavy (non-hydrogen) atoms. The Balaban J connectivity index is 1.67. The Morgan fingerprint density at radius 3 is 2.54 bits per heavy atom. The van der Waals surface area contributed by atoms with E-state index in [-0.39, 0.29) is 11.8 Å². The zero-order chi connectivity index (χ0) is 20.1. The smallest absolute Gasteiger partial charge is 0.266 e. The molecular weight excluding hydrogens is 392 g/mol. The van der Waals surface area contributed by atoms with Gasteiger partial charge in [0.25, 0.3) is 5.91 Å². The third kappa shape index (κ3) is 4.61. The molecule has 2 aromatic rings. The van der Waals surface area contributed by atoms with Gasteiger partial charge in [0.1, 0.15) is 16.1 Å². The van der Waals surface area contributed by atoms with Gasteiger partial charge in [0.05, 0.1) is 12.0 Å². The van der Waals surface area contributed by atoms with E-state index in [2.05, 4.69) is 5.32 Å². The molecule has 0 bridgehead atoms. The Kier molecular flexibility index (Phi) is 6.49. The molecule has 1 fully saturated rings. The molecule has 5 nitrogen and oxygen atoms in total. The van der Waals surface area contributed by atoms with Crippen molar-refractivity contribution in [2.75, 3.05) is 7.11 Å². The van der Waals surface area contributed by atoms with Crippen LogP contribution in [0.15, 0.2) is 59.5 Å². The molecule has 1 aliphatic rings. The standard InChI is InChI=1S/C21H20N2O3S2/c1-14(19(24)22-13-16-6-4-3-5-7-16)23-20(25)18(28-21(23)27)12-15-8-10-17(26-2)11-9-15/h3-12,14H,13H2,1-2H3,(H,22,24)/b18-12-. The minimum atomic E-state index is -0.682. The Labute approximate surface area is 173 Å². The molecule has 7 heteroatoms. The summed E-state index contributed by atoms with van der Waals surface area (Å²) in [5.41, 5.74) is 1.86. The molecule has 1 heterocycles. The second-order valence-electron chi connectivity index (χ2n) is 6.20. The summed E-state index contributed by atoms with van der Waals surface area (Å²) in [7, 11) is 1.60. The highest BCUT2D eigenvalue weighted by atomic mass is 32.2. The summed E-state index contributed by atoms with van der Waals surface area (Å²) in [4.78, 5) is 27.2. The van der Waals surface area contributed by atoms with Crippen LogP contribution in [0.1, 0.15) is 18.1 Å². The van der Waals surface area contributed by atoms with Crippen LogP contribution in [-0.2, 0) is 16.1 Å². The highest BCUT2D eigenvalue weighted by molar-refractivity contribution is 8.26. The molecule has 2 amide bonds. The lowest BCUT2D eigenvalue weighted by Crippen LogP contribution is -2.46. The maximum atomic E-state index is 12.8. The van der Waals surface area contributed by atoms with Gasteiger partial charge in [-0.05, 0) is 36.3 Å². The number of carbonyl (C=O) groups is 2. The predicted octanol–water partition coefficient (Wildman–Crippen LogP) is 3.60. The van der Waals surface area contributed by atoms with Gasteiger partial charge in [-0.1, -0.05) is 66.4 Å². The summed E-state index contributed by atoms with van der Waals surface area (Å²) in [6, 6.07) is 16.3. The van der Waals surface area contributed by atoms with Gasteiger partial charge in [-0.25, -0.2) is 0 Å². The Hall–Kier alpha value is -2.64. The second kappa shape index (κ2) is 9.03. The van der Waals surface area contributed by atoms with Gasteiger partial charge in [-0.15, -0.1) is 0 Å². The summed E-state index contributed by atoms with van der Waals surface area (Å²) in [6.07, 6.45) is 1.77. The van der Waals surface area contributed by atoms with Crippen molar-refractivity contribution in [3.05, 3.63) is 70.6 Å². The largest absolute Gasteiger partial charge is 0.497 e. The van der Waals surface area contributed by atoms with Gasteiger partial charge in [-0.2, -0.15) is 0 Å². The fourth-order valence-electron chi connectivity index (χ4n) is 2.72. The average molecular weight is 413 g/mol. The minimum absolute atomic E-state index is 0.245. The SMILES string of the molecule is COc1ccc(/C=C2\SC(=S)N(C(C)C(=O)NCc3ccccc3)C2=O)cc1. The monoisotopic (exact) mass is 412 g/mol. The number of nitrogens with zero attached hydrogens (tertiary/aromatic N) is 1. The summed E-state index contributed by atoms with van der Waals surface area (Å²) >= 11 is 6.56. The van der Waals surface area contributed by atoms with Crippen LogP contribution in [0, 0.1) is 0 Å². The first-order valence-electron chi connectivity index (χ1n) is 8.72.